The maximum atomic E-state index is 12.9. The van der Waals surface area contributed by atoms with E-state index in [1.54, 1.807) is 36.4 Å². The molecule has 1 unspecified atom stereocenters. The third-order valence-electron chi connectivity index (χ3n) is 3.66. The first-order valence-electron chi connectivity index (χ1n) is 7.80. The second kappa shape index (κ2) is 7.90. The Labute approximate surface area is 139 Å². The number of nitrogens with one attached hydrogen (secondary N) is 2. The zero-order valence-electron chi connectivity index (χ0n) is 13.1. The van der Waals surface area contributed by atoms with Gasteiger partial charge in [0.2, 0.25) is 5.91 Å². The SMILES string of the molecule is O=C(Nc1cccc(OCc2ccc(F)cc2)c1)C1COCCN1. The molecule has 1 fully saturated rings. The molecule has 1 heterocycles. The lowest BCUT2D eigenvalue weighted by molar-refractivity contribution is -0.120. The monoisotopic (exact) mass is 330 g/mol. The number of ether oxygens (including phenoxy) is 2. The van der Waals surface area contributed by atoms with Crippen LogP contribution in [0.2, 0.25) is 0 Å². The summed E-state index contributed by atoms with van der Waals surface area (Å²) in [5, 5.41) is 5.95. The number of carbonyl (C=O) groups excluding carboxylic acids is 1. The van der Waals surface area contributed by atoms with Crippen LogP contribution in [0.5, 0.6) is 5.75 Å². The van der Waals surface area contributed by atoms with Crippen molar-refractivity contribution in [2.24, 2.45) is 0 Å². The summed E-state index contributed by atoms with van der Waals surface area (Å²) in [6, 6.07) is 13.0. The Bertz CT molecular complexity index is 685. The second-order valence-electron chi connectivity index (χ2n) is 5.51. The highest BCUT2D eigenvalue weighted by Crippen LogP contribution is 2.19. The third kappa shape index (κ3) is 4.53. The van der Waals surface area contributed by atoms with Crippen molar-refractivity contribution in [2.45, 2.75) is 12.6 Å². The summed E-state index contributed by atoms with van der Waals surface area (Å²) in [6.07, 6.45) is 0. The fourth-order valence-electron chi connectivity index (χ4n) is 2.37. The summed E-state index contributed by atoms with van der Waals surface area (Å²) < 4.78 is 23.9. The minimum Gasteiger partial charge on any atom is -0.489 e. The Hall–Kier alpha value is -2.44. The molecular formula is C18H19FN2O3. The molecule has 3 rings (SSSR count). The number of amides is 1. The number of carbonyl (C=O) groups is 1. The molecule has 126 valence electrons. The van der Waals surface area contributed by atoms with Crippen molar-refractivity contribution in [1.29, 1.82) is 0 Å². The molecule has 2 N–H and O–H groups in total. The van der Waals surface area contributed by atoms with Crippen molar-refractivity contribution >= 4 is 11.6 Å². The Morgan fingerprint density at radius 2 is 2.12 bits per heavy atom. The van der Waals surface area contributed by atoms with Crippen LogP contribution in [0.1, 0.15) is 5.56 Å². The normalized spacial score (nSPS) is 17.3. The number of rotatable bonds is 5. The number of benzene rings is 2. The van der Waals surface area contributed by atoms with Crippen LogP contribution >= 0.6 is 0 Å². The predicted octanol–water partition coefficient (Wildman–Crippen LogP) is 2.33. The highest BCUT2D eigenvalue weighted by Gasteiger charge is 2.21. The topological polar surface area (TPSA) is 59.6 Å². The van der Waals surface area contributed by atoms with Crippen molar-refractivity contribution in [3.8, 4) is 5.75 Å². The van der Waals surface area contributed by atoms with Crippen molar-refractivity contribution in [2.75, 3.05) is 25.1 Å². The Morgan fingerprint density at radius 3 is 2.88 bits per heavy atom. The summed E-state index contributed by atoms with van der Waals surface area (Å²) in [4.78, 5) is 12.2. The van der Waals surface area contributed by atoms with Gasteiger partial charge in [-0.25, -0.2) is 4.39 Å². The number of anilines is 1. The minimum atomic E-state index is -0.345. The summed E-state index contributed by atoms with van der Waals surface area (Å²) in [6.45, 7) is 1.98. The van der Waals surface area contributed by atoms with E-state index >= 15 is 0 Å². The molecule has 1 aliphatic rings. The van der Waals surface area contributed by atoms with Crippen LogP contribution in [-0.4, -0.2) is 31.7 Å². The molecule has 1 amide bonds. The maximum Gasteiger partial charge on any atom is 0.243 e. The van der Waals surface area contributed by atoms with E-state index in [0.717, 1.165) is 5.56 Å². The van der Waals surface area contributed by atoms with Gasteiger partial charge in [0, 0.05) is 18.3 Å². The van der Waals surface area contributed by atoms with E-state index in [4.69, 9.17) is 9.47 Å². The molecule has 0 saturated carbocycles. The lowest BCUT2D eigenvalue weighted by Gasteiger charge is -2.23. The fraction of sp³-hybridized carbons (Fsp3) is 0.278. The van der Waals surface area contributed by atoms with Crippen LogP contribution in [0.25, 0.3) is 0 Å². The van der Waals surface area contributed by atoms with Gasteiger partial charge in [0.05, 0.1) is 13.2 Å². The van der Waals surface area contributed by atoms with Crippen LogP contribution < -0.4 is 15.4 Å². The van der Waals surface area contributed by atoms with Crippen molar-refractivity contribution < 1.29 is 18.7 Å². The van der Waals surface area contributed by atoms with Crippen molar-refractivity contribution in [3.63, 3.8) is 0 Å². The van der Waals surface area contributed by atoms with Crippen LogP contribution in [0, 0.1) is 5.82 Å². The Morgan fingerprint density at radius 1 is 1.29 bits per heavy atom. The second-order valence-corrected chi connectivity index (χ2v) is 5.51. The van der Waals surface area contributed by atoms with Gasteiger partial charge in [0.1, 0.15) is 24.2 Å². The van der Waals surface area contributed by atoms with Gasteiger partial charge in [-0.15, -0.1) is 0 Å². The van der Waals surface area contributed by atoms with Crippen LogP contribution in [-0.2, 0) is 16.1 Å². The van der Waals surface area contributed by atoms with Crippen LogP contribution in [0.15, 0.2) is 48.5 Å². The molecule has 0 radical (unpaired) electrons. The molecule has 6 heteroatoms. The molecular weight excluding hydrogens is 311 g/mol. The standard InChI is InChI=1S/C18H19FN2O3/c19-14-6-4-13(5-7-14)11-24-16-3-1-2-15(10-16)21-18(22)17-12-23-9-8-20-17/h1-7,10,17,20H,8-9,11-12H2,(H,21,22). The summed E-state index contributed by atoms with van der Waals surface area (Å²) in [5.41, 5.74) is 1.53. The Kier molecular flexibility index (Phi) is 5.40. The van der Waals surface area contributed by atoms with E-state index in [9.17, 15) is 9.18 Å². The number of hydrogen-bond donors (Lipinski definition) is 2. The zero-order valence-corrected chi connectivity index (χ0v) is 13.1. The number of hydrogen-bond acceptors (Lipinski definition) is 4. The van der Waals surface area contributed by atoms with Gasteiger partial charge < -0.3 is 20.1 Å². The molecule has 0 bridgehead atoms. The first kappa shape index (κ1) is 16.4. The number of morpholine rings is 1. The maximum absolute atomic E-state index is 12.9. The first-order valence-corrected chi connectivity index (χ1v) is 7.80. The van der Waals surface area contributed by atoms with E-state index in [-0.39, 0.29) is 17.8 Å². The smallest absolute Gasteiger partial charge is 0.243 e. The quantitative estimate of drug-likeness (QED) is 0.883. The van der Waals surface area contributed by atoms with E-state index in [1.165, 1.54) is 12.1 Å². The van der Waals surface area contributed by atoms with Gasteiger partial charge in [-0.3, -0.25) is 4.79 Å². The van der Waals surface area contributed by atoms with Crippen molar-refractivity contribution in [1.82, 2.24) is 5.32 Å². The lowest BCUT2D eigenvalue weighted by Crippen LogP contribution is -2.48. The molecule has 1 saturated heterocycles. The van der Waals surface area contributed by atoms with Gasteiger partial charge in [0.25, 0.3) is 0 Å². The van der Waals surface area contributed by atoms with E-state index in [2.05, 4.69) is 10.6 Å². The zero-order chi connectivity index (χ0) is 16.8. The minimum absolute atomic E-state index is 0.134. The molecule has 5 nitrogen and oxygen atoms in total. The summed E-state index contributed by atoms with van der Waals surface area (Å²) in [5.74, 6) is 0.221. The van der Waals surface area contributed by atoms with Gasteiger partial charge in [-0.2, -0.15) is 0 Å². The van der Waals surface area contributed by atoms with Crippen LogP contribution in [0.4, 0.5) is 10.1 Å². The molecule has 2 aromatic carbocycles. The van der Waals surface area contributed by atoms with Gasteiger partial charge in [0.15, 0.2) is 0 Å². The molecule has 2 aromatic rings. The lowest BCUT2D eigenvalue weighted by atomic mass is 10.2. The van der Waals surface area contributed by atoms with E-state index < -0.39 is 0 Å². The van der Waals surface area contributed by atoms with E-state index in [1.807, 2.05) is 0 Å². The molecule has 0 aromatic heterocycles. The van der Waals surface area contributed by atoms with Gasteiger partial charge in [-0.1, -0.05) is 18.2 Å². The average molecular weight is 330 g/mol. The molecule has 24 heavy (non-hydrogen) atoms. The van der Waals surface area contributed by atoms with Crippen molar-refractivity contribution in [3.05, 3.63) is 59.9 Å². The molecule has 1 atom stereocenters. The molecule has 0 aliphatic carbocycles. The van der Waals surface area contributed by atoms with Crippen LogP contribution in [0.3, 0.4) is 0 Å². The highest BCUT2D eigenvalue weighted by molar-refractivity contribution is 5.95. The molecule has 0 spiro atoms. The summed E-state index contributed by atoms with van der Waals surface area (Å²) >= 11 is 0. The van der Waals surface area contributed by atoms with E-state index in [0.29, 0.717) is 37.8 Å². The van der Waals surface area contributed by atoms with Gasteiger partial charge >= 0.3 is 0 Å². The van der Waals surface area contributed by atoms with Gasteiger partial charge in [-0.05, 0) is 29.8 Å². The average Bonchev–Trinajstić information content (AvgIpc) is 2.62. The fourth-order valence-corrected chi connectivity index (χ4v) is 2.37. The highest BCUT2D eigenvalue weighted by atomic mass is 19.1. The number of halogens is 1. The predicted molar refractivity (Wildman–Crippen MR) is 88.4 cm³/mol. The largest absolute Gasteiger partial charge is 0.489 e. The first-order chi connectivity index (χ1) is 11.7. The molecule has 1 aliphatic heterocycles. The third-order valence-corrected chi connectivity index (χ3v) is 3.66. The Balaban J connectivity index is 1.57. The summed E-state index contributed by atoms with van der Waals surface area (Å²) in [7, 11) is 0.